The van der Waals surface area contributed by atoms with Gasteiger partial charge in [-0.15, -0.1) is 0 Å². The summed E-state index contributed by atoms with van der Waals surface area (Å²) in [4.78, 5) is 0. The van der Waals surface area contributed by atoms with Gasteiger partial charge in [0, 0.05) is 0 Å². The number of fused-ring (bicyclic) bond motifs is 1. The molecule has 0 atom stereocenters. The molecule has 1 fully saturated rings. The fraction of sp³-hybridized carbons (Fsp3) is 0.455. The first-order valence-electron chi connectivity index (χ1n) is 4.82. The van der Waals surface area contributed by atoms with Crippen molar-refractivity contribution in [2.75, 3.05) is 11.9 Å². The van der Waals surface area contributed by atoms with Crippen molar-refractivity contribution < 1.29 is 4.74 Å². The van der Waals surface area contributed by atoms with Crippen LogP contribution in [0.2, 0.25) is 0 Å². The van der Waals surface area contributed by atoms with E-state index >= 15 is 0 Å². The number of nitrogens with one attached hydrogen (secondary N) is 1. The molecule has 1 aromatic carbocycles. The molecule has 3 rings (SSSR count). The highest BCUT2D eigenvalue weighted by atomic mass is 16.5. The van der Waals surface area contributed by atoms with E-state index in [2.05, 4.69) is 30.4 Å². The van der Waals surface area contributed by atoms with Crippen LogP contribution in [0.3, 0.4) is 0 Å². The van der Waals surface area contributed by atoms with Crippen LogP contribution in [-0.2, 0) is 0 Å². The zero-order chi connectivity index (χ0) is 8.89. The van der Waals surface area contributed by atoms with Crippen molar-refractivity contribution >= 4 is 5.69 Å². The Morgan fingerprint density at radius 3 is 3.00 bits per heavy atom. The summed E-state index contributed by atoms with van der Waals surface area (Å²) in [6, 6.07) is 6.24. The molecule has 0 bridgehead atoms. The molecule has 0 radical (unpaired) electrons. The van der Waals surface area contributed by atoms with Crippen LogP contribution in [-0.4, -0.2) is 12.1 Å². The van der Waals surface area contributed by atoms with E-state index in [9.17, 15) is 0 Å². The second kappa shape index (κ2) is 2.19. The molecule has 2 heteroatoms. The Kier molecular flexibility index (Phi) is 1.22. The largest absolute Gasteiger partial charge is 0.483 e. The lowest BCUT2D eigenvalue weighted by Gasteiger charge is -2.28. The summed E-state index contributed by atoms with van der Waals surface area (Å²) in [5.74, 6) is 1.06. The minimum atomic E-state index is 0.152. The number of para-hydroxylation sites is 1. The Bertz CT molecular complexity index is 355. The van der Waals surface area contributed by atoms with Crippen molar-refractivity contribution in [2.24, 2.45) is 0 Å². The van der Waals surface area contributed by atoms with Crippen molar-refractivity contribution in [1.82, 2.24) is 0 Å². The summed E-state index contributed by atoms with van der Waals surface area (Å²) in [5.41, 5.74) is 2.53. The first-order valence-corrected chi connectivity index (χ1v) is 4.82. The van der Waals surface area contributed by atoms with Gasteiger partial charge >= 0.3 is 0 Å². The lowest BCUT2D eigenvalue weighted by Crippen LogP contribution is -2.32. The number of hydrogen-bond acceptors (Lipinski definition) is 2. The molecule has 0 saturated heterocycles. The summed E-state index contributed by atoms with van der Waals surface area (Å²) < 4.78 is 6.00. The van der Waals surface area contributed by atoms with Gasteiger partial charge in [0.25, 0.3) is 0 Å². The lowest BCUT2D eigenvalue weighted by atomic mass is 10.1. The molecular weight excluding hydrogens is 162 g/mol. The summed E-state index contributed by atoms with van der Waals surface area (Å²) >= 11 is 0. The molecular formula is C11H13NO. The lowest BCUT2D eigenvalue weighted by molar-refractivity contribution is 0.183. The van der Waals surface area contributed by atoms with Crippen molar-refractivity contribution in [3.8, 4) is 5.75 Å². The number of benzene rings is 1. The Hall–Kier alpha value is -1.18. The second-order valence-electron chi connectivity index (χ2n) is 4.09. The van der Waals surface area contributed by atoms with Gasteiger partial charge in [-0.25, -0.2) is 0 Å². The maximum absolute atomic E-state index is 6.00. The van der Waals surface area contributed by atoms with Gasteiger partial charge in [0.05, 0.1) is 12.2 Å². The standard InChI is InChI=1S/C11H13NO/c1-8-3-2-4-9-10(8)13-11(5-6-11)7-12-9/h2-4,12H,5-7H2,1H3. The zero-order valence-corrected chi connectivity index (χ0v) is 7.76. The van der Waals surface area contributed by atoms with Crippen LogP contribution < -0.4 is 10.1 Å². The van der Waals surface area contributed by atoms with Crippen LogP contribution in [0.4, 0.5) is 5.69 Å². The van der Waals surface area contributed by atoms with Gasteiger partial charge in [0.1, 0.15) is 11.4 Å². The fourth-order valence-corrected chi connectivity index (χ4v) is 1.85. The molecule has 1 heterocycles. The molecule has 0 unspecified atom stereocenters. The topological polar surface area (TPSA) is 21.3 Å². The summed E-state index contributed by atoms with van der Waals surface area (Å²) in [6.07, 6.45) is 2.40. The van der Waals surface area contributed by atoms with Crippen LogP contribution >= 0.6 is 0 Å². The highest BCUT2D eigenvalue weighted by Gasteiger charge is 2.47. The van der Waals surface area contributed by atoms with Gasteiger partial charge in [0.2, 0.25) is 0 Å². The predicted molar refractivity (Wildman–Crippen MR) is 52.3 cm³/mol. The van der Waals surface area contributed by atoms with Gasteiger partial charge in [-0.05, 0) is 31.4 Å². The van der Waals surface area contributed by atoms with E-state index in [0.717, 1.165) is 18.0 Å². The molecule has 1 spiro atoms. The molecule has 0 amide bonds. The van der Waals surface area contributed by atoms with E-state index in [1.165, 1.54) is 18.4 Å². The average Bonchev–Trinajstić information content (AvgIpc) is 2.88. The third-order valence-electron chi connectivity index (χ3n) is 2.94. The monoisotopic (exact) mass is 175 g/mol. The van der Waals surface area contributed by atoms with Crippen molar-refractivity contribution in [3.05, 3.63) is 23.8 Å². The highest BCUT2D eigenvalue weighted by Crippen LogP contribution is 2.46. The Morgan fingerprint density at radius 2 is 2.23 bits per heavy atom. The van der Waals surface area contributed by atoms with Crippen LogP contribution in [0.5, 0.6) is 5.75 Å². The van der Waals surface area contributed by atoms with E-state index in [0.29, 0.717) is 0 Å². The fourth-order valence-electron chi connectivity index (χ4n) is 1.85. The maximum Gasteiger partial charge on any atom is 0.146 e. The molecule has 1 aliphatic heterocycles. The third-order valence-corrected chi connectivity index (χ3v) is 2.94. The molecule has 68 valence electrons. The molecule has 1 saturated carbocycles. The van der Waals surface area contributed by atoms with E-state index in [-0.39, 0.29) is 5.60 Å². The van der Waals surface area contributed by atoms with Gasteiger partial charge in [-0.1, -0.05) is 12.1 Å². The van der Waals surface area contributed by atoms with Crippen LogP contribution in [0.25, 0.3) is 0 Å². The molecule has 13 heavy (non-hydrogen) atoms. The average molecular weight is 175 g/mol. The predicted octanol–water partition coefficient (Wildman–Crippen LogP) is 2.33. The third kappa shape index (κ3) is 1.01. The number of rotatable bonds is 0. The Morgan fingerprint density at radius 1 is 1.38 bits per heavy atom. The summed E-state index contributed by atoms with van der Waals surface area (Å²) in [6.45, 7) is 3.07. The van der Waals surface area contributed by atoms with Gasteiger partial charge in [-0.3, -0.25) is 0 Å². The highest BCUT2D eigenvalue weighted by molar-refractivity contribution is 5.62. The molecule has 1 aliphatic carbocycles. The smallest absolute Gasteiger partial charge is 0.146 e. The number of hydrogen-bond donors (Lipinski definition) is 1. The number of anilines is 1. The van der Waals surface area contributed by atoms with E-state index in [1.54, 1.807) is 0 Å². The van der Waals surface area contributed by atoms with Crippen LogP contribution in [0, 0.1) is 6.92 Å². The molecule has 2 nitrogen and oxygen atoms in total. The van der Waals surface area contributed by atoms with Crippen molar-refractivity contribution in [2.45, 2.75) is 25.4 Å². The van der Waals surface area contributed by atoms with E-state index in [4.69, 9.17) is 4.74 Å². The van der Waals surface area contributed by atoms with Crippen molar-refractivity contribution in [3.63, 3.8) is 0 Å². The summed E-state index contributed by atoms with van der Waals surface area (Å²) in [7, 11) is 0. The minimum Gasteiger partial charge on any atom is -0.483 e. The minimum absolute atomic E-state index is 0.152. The maximum atomic E-state index is 6.00. The van der Waals surface area contributed by atoms with Gasteiger partial charge in [0.15, 0.2) is 0 Å². The van der Waals surface area contributed by atoms with Crippen LogP contribution in [0.1, 0.15) is 18.4 Å². The zero-order valence-electron chi connectivity index (χ0n) is 7.76. The van der Waals surface area contributed by atoms with Gasteiger partial charge < -0.3 is 10.1 Å². The quantitative estimate of drug-likeness (QED) is 0.653. The van der Waals surface area contributed by atoms with Crippen LogP contribution in [0.15, 0.2) is 18.2 Å². The van der Waals surface area contributed by atoms with Gasteiger partial charge in [-0.2, -0.15) is 0 Å². The summed E-state index contributed by atoms with van der Waals surface area (Å²) in [5, 5.41) is 3.43. The molecule has 2 aliphatic rings. The second-order valence-corrected chi connectivity index (χ2v) is 4.09. The SMILES string of the molecule is Cc1cccc2c1OC1(CC1)CN2. The Balaban J connectivity index is 2.06. The van der Waals surface area contributed by atoms with Crippen molar-refractivity contribution in [1.29, 1.82) is 0 Å². The first kappa shape index (κ1) is 7.25. The molecule has 1 N–H and O–H groups in total. The number of aryl methyl sites for hydroxylation is 1. The van der Waals surface area contributed by atoms with E-state index in [1.807, 2.05) is 0 Å². The number of ether oxygens (including phenoxy) is 1. The first-order chi connectivity index (χ1) is 6.29. The molecule has 0 aromatic heterocycles. The normalized spacial score (nSPS) is 21.6. The Labute approximate surface area is 77.9 Å². The molecule has 1 aromatic rings. The van der Waals surface area contributed by atoms with E-state index < -0.39 is 0 Å².